The summed E-state index contributed by atoms with van der Waals surface area (Å²) >= 11 is 5.89. The zero-order valence-electron chi connectivity index (χ0n) is 8.46. The third-order valence-corrected chi connectivity index (χ3v) is 2.69. The summed E-state index contributed by atoms with van der Waals surface area (Å²) in [5.74, 6) is 0.620. The summed E-state index contributed by atoms with van der Waals surface area (Å²) in [7, 11) is 0. The van der Waals surface area contributed by atoms with E-state index in [4.69, 9.17) is 11.6 Å². The van der Waals surface area contributed by atoms with Crippen LogP contribution in [0.1, 0.15) is 12.0 Å². The van der Waals surface area contributed by atoms with Crippen LogP contribution in [0.15, 0.2) is 6.20 Å². The van der Waals surface area contributed by atoms with E-state index in [0.29, 0.717) is 17.1 Å². The zero-order valence-corrected chi connectivity index (χ0v) is 10.0. The first-order valence-corrected chi connectivity index (χ1v) is 5.10. The quantitative estimate of drug-likeness (QED) is 0.782. The molecule has 0 aliphatic carbocycles. The third-order valence-electron chi connectivity index (χ3n) is 2.30. The van der Waals surface area contributed by atoms with E-state index in [2.05, 4.69) is 20.6 Å². The maximum absolute atomic E-state index is 5.89. The zero-order chi connectivity index (χ0) is 9.97. The molecule has 2 rings (SSSR count). The highest BCUT2D eigenvalue weighted by molar-refractivity contribution is 6.30. The standard InChI is InChI=1S/C9H13ClN4.ClH/c1-6-4-12-9(14-8(6)10)13-7-2-3-11-5-7;/h4,7,11H,2-3,5H2,1H3,(H,12,13,14);1H. The Morgan fingerprint density at radius 1 is 1.60 bits per heavy atom. The molecule has 1 aromatic rings. The number of hydrogen-bond acceptors (Lipinski definition) is 4. The third kappa shape index (κ3) is 3.19. The Bertz CT molecular complexity index is 326. The molecule has 15 heavy (non-hydrogen) atoms. The number of hydrogen-bond donors (Lipinski definition) is 2. The highest BCUT2D eigenvalue weighted by atomic mass is 35.5. The molecule has 2 heterocycles. The first-order chi connectivity index (χ1) is 6.75. The van der Waals surface area contributed by atoms with Gasteiger partial charge in [-0.3, -0.25) is 0 Å². The summed E-state index contributed by atoms with van der Waals surface area (Å²) in [6.45, 7) is 3.91. The van der Waals surface area contributed by atoms with E-state index in [1.165, 1.54) is 0 Å². The molecule has 0 saturated carbocycles. The minimum Gasteiger partial charge on any atom is -0.350 e. The van der Waals surface area contributed by atoms with Crippen LogP contribution in [0.3, 0.4) is 0 Å². The maximum Gasteiger partial charge on any atom is 0.224 e. The molecule has 0 radical (unpaired) electrons. The van der Waals surface area contributed by atoms with Gasteiger partial charge in [-0.1, -0.05) is 11.6 Å². The molecule has 0 amide bonds. The second-order valence-electron chi connectivity index (χ2n) is 3.50. The molecule has 0 spiro atoms. The molecule has 6 heteroatoms. The van der Waals surface area contributed by atoms with E-state index in [1.54, 1.807) is 6.20 Å². The van der Waals surface area contributed by atoms with Crippen LogP contribution in [0, 0.1) is 6.92 Å². The highest BCUT2D eigenvalue weighted by Gasteiger charge is 2.15. The van der Waals surface area contributed by atoms with Crippen molar-refractivity contribution in [3.05, 3.63) is 16.9 Å². The van der Waals surface area contributed by atoms with Crippen molar-refractivity contribution in [1.29, 1.82) is 0 Å². The molecular formula is C9H14Cl2N4. The van der Waals surface area contributed by atoms with Crippen LogP contribution in [0.4, 0.5) is 5.95 Å². The molecule has 1 saturated heterocycles. The Hall–Kier alpha value is -0.580. The minimum absolute atomic E-state index is 0. The van der Waals surface area contributed by atoms with Crippen molar-refractivity contribution in [2.24, 2.45) is 0 Å². The second kappa shape index (κ2) is 5.49. The van der Waals surface area contributed by atoms with Crippen LogP contribution in [0.25, 0.3) is 0 Å². The van der Waals surface area contributed by atoms with Gasteiger partial charge in [0, 0.05) is 24.3 Å². The summed E-state index contributed by atoms with van der Waals surface area (Å²) in [5, 5.41) is 7.03. The fourth-order valence-electron chi connectivity index (χ4n) is 1.45. The van der Waals surface area contributed by atoms with Crippen molar-refractivity contribution in [1.82, 2.24) is 15.3 Å². The van der Waals surface area contributed by atoms with E-state index in [1.807, 2.05) is 6.92 Å². The Morgan fingerprint density at radius 3 is 3.00 bits per heavy atom. The number of nitrogens with zero attached hydrogens (tertiary/aromatic N) is 2. The molecular weight excluding hydrogens is 235 g/mol. The number of rotatable bonds is 2. The van der Waals surface area contributed by atoms with E-state index in [9.17, 15) is 0 Å². The molecule has 1 unspecified atom stereocenters. The Morgan fingerprint density at radius 2 is 2.40 bits per heavy atom. The fourth-order valence-corrected chi connectivity index (χ4v) is 1.58. The number of aromatic nitrogens is 2. The number of nitrogens with one attached hydrogen (secondary N) is 2. The first-order valence-electron chi connectivity index (χ1n) is 4.72. The van der Waals surface area contributed by atoms with Gasteiger partial charge in [0.05, 0.1) is 0 Å². The summed E-state index contributed by atoms with van der Waals surface area (Å²) < 4.78 is 0. The van der Waals surface area contributed by atoms with Gasteiger partial charge in [0.1, 0.15) is 5.15 Å². The average Bonchev–Trinajstić information content (AvgIpc) is 2.64. The fraction of sp³-hybridized carbons (Fsp3) is 0.556. The lowest BCUT2D eigenvalue weighted by Gasteiger charge is -2.11. The lowest BCUT2D eigenvalue weighted by atomic mass is 10.3. The molecule has 0 bridgehead atoms. The molecule has 4 nitrogen and oxygen atoms in total. The van der Waals surface area contributed by atoms with Gasteiger partial charge in [0.15, 0.2) is 0 Å². The SMILES string of the molecule is Cc1cnc(NC2CCNC2)nc1Cl.Cl. The summed E-state index contributed by atoms with van der Waals surface area (Å²) in [4.78, 5) is 8.32. The van der Waals surface area contributed by atoms with E-state index >= 15 is 0 Å². The first kappa shape index (κ1) is 12.5. The summed E-state index contributed by atoms with van der Waals surface area (Å²) in [5.41, 5.74) is 0.904. The van der Waals surface area contributed by atoms with Crippen molar-refractivity contribution in [3.63, 3.8) is 0 Å². The van der Waals surface area contributed by atoms with Crippen LogP contribution in [0.2, 0.25) is 5.15 Å². The summed E-state index contributed by atoms with van der Waals surface area (Å²) in [6.07, 6.45) is 2.84. The molecule has 1 aromatic heterocycles. The van der Waals surface area contributed by atoms with Crippen LogP contribution in [-0.4, -0.2) is 29.1 Å². The van der Waals surface area contributed by atoms with Gasteiger partial charge in [-0.15, -0.1) is 12.4 Å². The molecule has 1 fully saturated rings. The topological polar surface area (TPSA) is 49.8 Å². The van der Waals surface area contributed by atoms with Crippen LogP contribution < -0.4 is 10.6 Å². The highest BCUT2D eigenvalue weighted by Crippen LogP contribution is 2.13. The number of halogens is 2. The Balaban J connectivity index is 0.00000112. The van der Waals surface area contributed by atoms with Crippen molar-refractivity contribution in [3.8, 4) is 0 Å². The average molecular weight is 249 g/mol. The normalized spacial score (nSPS) is 19.7. The molecule has 1 aliphatic rings. The number of anilines is 1. The molecule has 2 N–H and O–H groups in total. The number of aryl methyl sites for hydroxylation is 1. The summed E-state index contributed by atoms with van der Waals surface area (Å²) in [6, 6.07) is 0.425. The Kier molecular flexibility index (Phi) is 4.57. The van der Waals surface area contributed by atoms with Crippen LogP contribution >= 0.6 is 24.0 Å². The minimum atomic E-state index is 0. The van der Waals surface area contributed by atoms with Gasteiger partial charge in [-0.05, 0) is 19.9 Å². The van der Waals surface area contributed by atoms with Gasteiger partial charge in [-0.2, -0.15) is 0 Å². The molecule has 84 valence electrons. The lowest BCUT2D eigenvalue weighted by Crippen LogP contribution is -2.23. The predicted octanol–water partition coefficient (Wildman–Crippen LogP) is 1.63. The van der Waals surface area contributed by atoms with E-state index in [-0.39, 0.29) is 12.4 Å². The van der Waals surface area contributed by atoms with Crippen molar-refractivity contribution in [2.75, 3.05) is 18.4 Å². The lowest BCUT2D eigenvalue weighted by molar-refractivity contribution is 0.780. The molecule has 1 aliphatic heterocycles. The molecule has 1 atom stereocenters. The van der Waals surface area contributed by atoms with E-state index in [0.717, 1.165) is 25.1 Å². The van der Waals surface area contributed by atoms with E-state index < -0.39 is 0 Å². The van der Waals surface area contributed by atoms with Crippen molar-refractivity contribution >= 4 is 30.0 Å². The maximum atomic E-state index is 5.89. The van der Waals surface area contributed by atoms with Gasteiger partial charge >= 0.3 is 0 Å². The van der Waals surface area contributed by atoms with Gasteiger partial charge in [0.25, 0.3) is 0 Å². The van der Waals surface area contributed by atoms with Gasteiger partial charge < -0.3 is 10.6 Å². The molecule has 0 aromatic carbocycles. The van der Waals surface area contributed by atoms with Crippen LogP contribution in [-0.2, 0) is 0 Å². The largest absolute Gasteiger partial charge is 0.350 e. The predicted molar refractivity (Wildman–Crippen MR) is 63.9 cm³/mol. The smallest absolute Gasteiger partial charge is 0.224 e. The monoisotopic (exact) mass is 248 g/mol. The second-order valence-corrected chi connectivity index (χ2v) is 3.86. The van der Waals surface area contributed by atoms with Crippen LogP contribution in [0.5, 0.6) is 0 Å². The Labute approximate surface area is 100 Å². The van der Waals surface area contributed by atoms with Gasteiger partial charge in [-0.25, -0.2) is 9.97 Å². The van der Waals surface area contributed by atoms with Gasteiger partial charge in [0.2, 0.25) is 5.95 Å². The van der Waals surface area contributed by atoms with Crippen molar-refractivity contribution < 1.29 is 0 Å². The van der Waals surface area contributed by atoms with Crippen molar-refractivity contribution in [2.45, 2.75) is 19.4 Å².